The quantitative estimate of drug-likeness (QED) is 0.644. The molecule has 2 saturated heterocycles. The van der Waals surface area contributed by atoms with E-state index in [1.807, 2.05) is 0 Å². The summed E-state index contributed by atoms with van der Waals surface area (Å²) in [6.45, 7) is 14.3. The summed E-state index contributed by atoms with van der Waals surface area (Å²) < 4.78 is 0. The first-order valence-corrected chi connectivity index (χ1v) is 9.46. The number of likely N-dealkylation sites (tertiary alicyclic amines) is 2. The molecule has 0 aromatic rings. The molecule has 128 valence electrons. The third-order valence-electron chi connectivity index (χ3n) is 5.71. The summed E-state index contributed by atoms with van der Waals surface area (Å²) in [5, 5.41) is 8.66. The van der Waals surface area contributed by atoms with Crippen LogP contribution in [0.1, 0.15) is 51.4 Å². The van der Waals surface area contributed by atoms with Crippen LogP contribution in [0.4, 0.5) is 0 Å². The van der Waals surface area contributed by atoms with Crippen LogP contribution in [0.25, 0.3) is 4.85 Å². The van der Waals surface area contributed by atoms with Gasteiger partial charge in [0, 0.05) is 13.0 Å². The molecule has 0 saturated carbocycles. The molecule has 2 rings (SSSR count). The highest BCUT2D eigenvalue weighted by Crippen LogP contribution is 2.27. The molecule has 23 heavy (non-hydrogen) atoms. The lowest BCUT2D eigenvalue weighted by molar-refractivity contribution is 0.167. The minimum absolute atomic E-state index is 0.664. The summed E-state index contributed by atoms with van der Waals surface area (Å²) in [5.74, 6) is 1.85. The smallest absolute Gasteiger partial charge is 0.227 e. The lowest BCUT2D eigenvalue weighted by Crippen LogP contribution is -2.35. The molecule has 0 atom stereocenters. The van der Waals surface area contributed by atoms with Crippen LogP contribution in [0.3, 0.4) is 0 Å². The average molecular weight is 316 g/mol. The van der Waals surface area contributed by atoms with E-state index in [0.29, 0.717) is 13.0 Å². The maximum atomic E-state index is 8.66. The predicted molar refractivity (Wildman–Crippen MR) is 93.9 cm³/mol. The fraction of sp³-hybridized carbons (Fsp3) is 0.895. The number of rotatable bonds is 8. The topological polar surface area (TPSA) is 34.6 Å². The van der Waals surface area contributed by atoms with Crippen molar-refractivity contribution >= 4 is 0 Å². The van der Waals surface area contributed by atoms with E-state index in [0.717, 1.165) is 24.9 Å². The van der Waals surface area contributed by atoms with Crippen molar-refractivity contribution in [3.05, 3.63) is 11.4 Å². The minimum atomic E-state index is 0.664. The largest absolute Gasteiger partial charge is 0.316 e. The predicted octanol–water partition coefficient (Wildman–Crippen LogP) is 3.41. The Balaban J connectivity index is 1.50. The second kappa shape index (κ2) is 10.6. The van der Waals surface area contributed by atoms with Gasteiger partial charge in [-0.05, 0) is 63.7 Å². The van der Waals surface area contributed by atoms with Gasteiger partial charge < -0.3 is 9.74 Å². The third-order valence-corrected chi connectivity index (χ3v) is 5.71. The molecule has 0 N–H and O–H groups in total. The van der Waals surface area contributed by atoms with E-state index >= 15 is 0 Å². The van der Waals surface area contributed by atoms with Gasteiger partial charge in [-0.25, -0.2) is 6.57 Å². The highest BCUT2D eigenvalue weighted by atomic mass is 15.1. The Labute approximate surface area is 142 Å². The van der Waals surface area contributed by atoms with Gasteiger partial charge >= 0.3 is 0 Å². The SMILES string of the molecule is [C-]#[N+]CCN1CCC(CCCC2CCN(CCC#N)CC2)CC1. The van der Waals surface area contributed by atoms with E-state index in [4.69, 9.17) is 11.8 Å². The van der Waals surface area contributed by atoms with E-state index in [1.54, 1.807) is 0 Å². The van der Waals surface area contributed by atoms with Crippen molar-refractivity contribution in [1.29, 1.82) is 5.26 Å². The van der Waals surface area contributed by atoms with Crippen LogP contribution in [-0.2, 0) is 0 Å². The van der Waals surface area contributed by atoms with Crippen LogP contribution in [-0.4, -0.2) is 55.6 Å². The number of hydrogen-bond acceptors (Lipinski definition) is 3. The number of piperidine rings is 2. The Bertz CT molecular complexity index is 355. The van der Waals surface area contributed by atoms with Gasteiger partial charge in [0.25, 0.3) is 0 Å². The zero-order chi connectivity index (χ0) is 16.3. The molecule has 0 unspecified atom stereocenters. The Morgan fingerprint density at radius 3 is 1.91 bits per heavy atom. The molecule has 0 aromatic heterocycles. The molecular formula is C19H32N4. The second-order valence-corrected chi connectivity index (χ2v) is 7.29. The summed E-state index contributed by atoms with van der Waals surface area (Å²) in [4.78, 5) is 8.38. The first-order chi connectivity index (χ1) is 11.3. The highest BCUT2D eigenvalue weighted by Gasteiger charge is 2.21. The van der Waals surface area contributed by atoms with E-state index in [1.165, 1.54) is 71.1 Å². The van der Waals surface area contributed by atoms with Crippen LogP contribution in [0.5, 0.6) is 0 Å². The zero-order valence-corrected chi connectivity index (χ0v) is 14.6. The molecule has 2 heterocycles. The molecule has 4 heteroatoms. The Morgan fingerprint density at radius 1 is 0.913 bits per heavy atom. The summed E-state index contributed by atoms with van der Waals surface area (Å²) >= 11 is 0. The van der Waals surface area contributed by atoms with E-state index in [-0.39, 0.29) is 0 Å². The van der Waals surface area contributed by atoms with Gasteiger partial charge in [0.2, 0.25) is 6.54 Å². The highest BCUT2D eigenvalue weighted by molar-refractivity contribution is 4.78. The maximum absolute atomic E-state index is 8.66. The molecule has 2 aliphatic rings. The summed E-state index contributed by atoms with van der Waals surface area (Å²) in [7, 11) is 0. The summed E-state index contributed by atoms with van der Waals surface area (Å²) in [6.07, 6.45) is 10.2. The number of nitriles is 1. The van der Waals surface area contributed by atoms with Crippen molar-refractivity contribution in [3.8, 4) is 6.07 Å². The van der Waals surface area contributed by atoms with Gasteiger partial charge in [-0.15, -0.1) is 0 Å². The summed E-state index contributed by atoms with van der Waals surface area (Å²) in [6, 6.07) is 2.25. The monoisotopic (exact) mass is 316 g/mol. The Kier molecular flexibility index (Phi) is 8.43. The van der Waals surface area contributed by atoms with Crippen LogP contribution in [0, 0.1) is 29.7 Å². The number of hydrogen-bond donors (Lipinski definition) is 0. The summed E-state index contributed by atoms with van der Waals surface area (Å²) in [5.41, 5.74) is 0. The molecule has 0 aromatic carbocycles. The van der Waals surface area contributed by atoms with Crippen molar-refractivity contribution in [1.82, 2.24) is 9.80 Å². The van der Waals surface area contributed by atoms with Crippen molar-refractivity contribution < 1.29 is 0 Å². The standard InChI is InChI=1S/C19H32N4/c1-21-11-17-23-15-8-19(9-16-23)5-2-4-18-6-13-22(14-7-18)12-3-10-20/h18-19H,2-9,11-17H2. The van der Waals surface area contributed by atoms with E-state index in [9.17, 15) is 0 Å². The van der Waals surface area contributed by atoms with Crippen molar-refractivity contribution in [2.24, 2.45) is 11.8 Å². The van der Waals surface area contributed by atoms with E-state index < -0.39 is 0 Å². The Morgan fingerprint density at radius 2 is 1.43 bits per heavy atom. The first kappa shape index (κ1) is 18.2. The van der Waals surface area contributed by atoms with Crippen LogP contribution < -0.4 is 0 Å². The van der Waals surface area contributed by atoms with Crippen molar-refractivity contribution in [2.45, 2.75) is 51.4 Å². The molecule has 2 fully saturated rings. The lowest BCUT2D eigenvalue weighted by atomic mass is 9.87. The normalized spacial score (nSPS) is 21.8. The molecule has 0 spiro atoms. The maximum Gasteiger partial charge on any atom is 0.227 e. The molecule has 0 amide bonds. The molecule has 2 aliphatic heterocycles. The van der Waals surface area contributed by atoms with Gasteiger partial charge in [-0.1, -0.05) is 19.3 Å². The fourth-order valence-electron chi connectivity index (χ4n) is 4.09. The van der Waals surface area contributed by atoms with Gasteiger partial charge in [0.15, 0.2) is 0 Å². The lowest BCUT2D eigenvalue weighted by Gasteiger charge is -2.33. The molecule has 4 nitrogen and oxygen atoms in total. The zero-order valence-electron chi connectivity index (χ0n) is 14.6. The van der Waals surface area contributed by atoms with Crippen LogP contribution in [0.15, 0.2) is 0 Å². The molecule has 0 radical (unpaired) electrons. The number of nitrogens with zero attached hydrogens (tertiary/aromatic N) is 4. The second-order valence-electron chi connectivity index (χ2n) is 7.29. The average Bonchev–Trinajstić information content (AvgIpc) is 2.60. The van der Waals surface area contributed by atoms with Gasteiger partial charge in [-0.3, -0.25) is 4.90 Å². The van der Waals surface area contributed by atoms with Crippen molar-refractivity contribution in [3.63, 3.8) is 0 Å². The van der Waals surface area contributed by atoms with E-state index in [2.05, 4.69) is 20.7 Å². The molecular weight excluding hydrogens is 284 g/mol. The Hall–Kier alpha value is -1.10. The van der Waals surface area contributed by atoms with Gasteiger partial charge in [-0.2, -0.15) is 5.26 Å². The van der Waals surface area contributed by atoms with Gasteiger partial charge in [0.05, 0.1) is 12.6 Å². The molecule has 0 bridgehead atoms. The van der Waals surface area contributed by atoms with Crippen LogP contribution in [0.2, 0.25) is 0 Å². The third kappa shape index (κ3) is 6.90. The molecule has 0 aliphatic carbocycles. The fourth-order valence-corrected chi connectivity index (χ4v) is 4.09. The van der Waals surface area contributed by atoms with Crippen molar-refractivity contribution in [2.75, 3.05) is 45.8 Å². The first-order valence-electron chi connectivity index (χ1n) is 9.46. The van der Waals surface area contributed by atoms with Gasteiger partial charge in [0.1, 0.15) is 0 Å². The minimum Gasteiger partial charge on any atom is -0.316 e. The van der Waals surface area contributed by atoms with Crippen LogP contribution >= 0.6 is 0 Å².